The summed E-state index contributed by atoms with van der Waals surface area (Å²) in [7, 11) is 0. The van der Waals surface area contributed by atoms with Gasteiger partial charge in [-0.3, -0.25) is 0 Å². The Labute approximate surface area is 138 Å². The van der Waals surface area contributed by atoms with E-state index in [1.807, 2.05) is 12.1 Å². The number of benzene rings is 2. The second-order valence-corrected chi connectivity index (χ2v) is 7.99. The average Bonchev–Trinajstić information content (AvgIpc) is 2.54. The van der Waals surface area contributed by atoms with Gasteiger partial charge >= 0.3 is 0 Å². The predicted molar refractivity (Wildman–Crippen MR) is 94.0 cm³/mol. The van der Waals surface area contributed by atoms with Crippen LogP contribution in [-0.4, -0.2) is 17.2 Å². The molecule has 120 valence electrons. The minimum atomic E-state index is -0.00907. The third-order valence-electron chi connectivity index (χ3n) is 6.62. The highest BCUT2D eigenvalue weighted by molar-refractivity contribution is 5.55. The lowest BCUT2D eigenvalue weighted by Crippen LogP contribution is -2.66. The standard InChI is InChI=1S/C21H25NO/c1-19(2)17-10-9-16(23)13-18(17)21(15-7-5-4-6-8-15)11-12-22-20(19,3)14-21/h4-10,13,22-23H,11-12,14H2,1-3H3. The Kier molecular flexibility index (Phi) is 2.96. The largest absolute Gasteiger partial charge is 0.508 e. The second kappa shape index (κ2) is 4.61. The second-order valence-electron chi connectivity index (χ2n) is 7.99. The molecule has 0 amide bonds. The van der Waals surface area contributed by atoms with Gasteiger partial charge in [0.25, 0.3) is 0 Å². The molecule has 1 aliphatic carbocycles. The summed E-state index contributed by atoms with van der Waals surface area (Å²) in [5, 5.41) is 14.0. The molecule has 0 spiro atoms. The number of hydrogen-bond acceptors (Lipinski definition) is 2. The van der Waals surface area contributed by atoms with Gasteiger partial charge in [0.15, 0.2) is 0 Å². The van der Waals surface area contributed by atoms with E-state index in [9.17, 15) is 5.11 Å². The Hall–Kier alpha value is -1.80. The summed E-state index contributed by atoms with van der Waals surface area (Å²) >= 11 is 0. The smallest absolute Gasteiger partial charge is 0.115 e. The molecule has 1 heterocycles. The van der Waals surface area contributed by atoms with Crippen molar-refractivity contribution >= 4 is 0 Å². The summed E-state index contributed by atoms with van der Waals surface area (Å²) in [6.45, 7) is 8.02. The van der Waals surface area contributed by atoms with Crippen molar-refractivity contribution < 1.29 is 5.11 Å². The van der Waals surface area contributed by atoms with Crippen molar-refractivity contribution in [2.45, 2.75) is 50.0 Å². The number of phenolic OH excluding ortho intramolecular Hbond substituents is 1. The van der Waals surface area contributed by atoms with Crippen molar-refractivity contribution in [3.05, 3.63) is 65.2 Å². The zero-order valence-electron chi connectivity index (χ0n) is 14.2. The van der Waals surface area contributed by atoms with Crippen LogP contribution in [0, 0.1) is 0 Å². The van der Waals surface area contributed by atoms with Crippen LogP contribution in [-0.2, 0) is 10.8 Å². The zero-order valence-corrected chi connectivity index (χ0v) is 14.2. The number of fused-ring (bicyclic) bond motifs is 4. The van der Waals surface area contributed by atoms with E-state index in [2.05, 4.69) is 62.5 Å². The molecule has 0 aromatic heterocycles. The first kappa shape index (κ1) is 14.8. The van der Waals surface area contributed by atoms with Gasteiger partial charge < -0.3 is 10.4 Å². The van der Waals surface area contributed by atoms with Gasteiger partial charge in [0, 0.05) is 16.4 Å². The van der Waals surface area contributed by atoms with Crippen molar-refractivity contribution in [1.82, 2.24) is 5.32 Å². The molecule has 0 radical (unpaired) electrons. The molecule has 1 fully saturated rings. The summed E-state index contributed by atoms with van der Waals surface area (Å²) in [4.78, 5) is 0. The summed E-state index contributed by atoms with van der Waals surface area (Å²) < 4.78 is 0. The summed E-state index contributed by atoms with van der Waals surface area (Å²) in [5.41, 5.74) is 4.10. The van der Waals surface area contributed by atoms with Gasteiger partial charge in [-0.25, -0.2) is 0 Å². The van der Waals surface area contributed by atoms with Gasteiger partial charge in [-0.2, -0.15) is 0 Å². The Morgan fingerprint density at radius 1 is 0.957 bits per heavy atom. The molecule has 2 nitrogen and oxygen atoms in total. The molecule has 1 aliphatic heterocycles. The molecular formula is C21H25NO. The van der Waals surface area contributed by atoms with Crippen LogP contribution in [0.4, 0.5) is 0 Å². The molecule has 2 aromatic carbocycles. The zero-order chi connectivity index (χ0) is 16.3. The van der Waals surface area contributed by atoms with Crippen LogP contribution in [0.15, 0.2) is 48.5 Å². The van der Waals surface area contributed by atoms with Crippen LogP contribution in [0.2, 0.25) is 0 Å². The fourth-order valence-electron chi connectivity index (χ4n) is 4.91. The molecule has 2 aliphatic rings. The van der Waals surface area contributed by atoms with Crippen LogP contribution in [0.1, 0.15) is 50.3 Å². The lowest BCUT2D eigenvalue weighted by molar-refractivity contribution is 0.103. The predicted octanol–water partition coefficient (Wildman–Crippen LogP) is 4.11. The van der Waals surface area contributed by atoms with Gasteiger partial charge in [0.2, 0.25) is 0 Å². The average molecular weight is 307 g/mol. The van der Waals surface area contributed by atoms with Gasteiger partial charge in [0.05, 0.1) is 0 Å². The van der Waals surface area contributed by atoms with Gasteiger partial charge in [-0.15, -0.1) is 0 Å². The van der Waals surface area contributed by atoms with E-state index in [1.54, 1.807) is 0 Å². The van der Waals surface area contributed by atoms with Gasteiger partial charge in [0.1, 0.15) is 5.75 Å². The molecule has 23 heavy (non-hydrogen) atoms. The van der Waals surface area contributed by atoms with Gasteiger partial charge in [-0.05, 0) is 55.1 Å². The molecule has 2 atom stereocenters. The van der Waals surface area contributed by atoms with E-state index >= 15 is 0 Å². The molecule has 2 bridgehead atoms. The van der Waals surface area contributed by atoms with E-state index in [4.69, 9.17) is 0 Å². The minimum absolute atomic E-state index is 0.00907. The summed E-state index contributed by atoms with van der Waals surface area (Å²) in [6.07, 6.45) is 2.13. The fourth-order valence-corrected chi connectivity index (χ4v) is 4.91. The highest BCUT2D eigenvalue weighted by Crippen LogP contribution is 2.57. The number of rotatable bonds is 1. The number of nitrogens with one attached hydrogen (secondary N) is 1. The first-order valence-corrected chi connectivity index (χ1v) is 8.54. The minimum Gasteiger partial charge on any atom is -0.508 e. The maximum atomic E-state index is 10.2. The Bertz CT molecular complexity index is 752. The maximum Gasteiger partial charge on any atom is 0.115 e. The topological polar surface area (TPSA) is 32.3 Å². The number of phenols is 1. The monoisotopic (exact) mass is 307 g/mol. The molecule has 2 N–H and O–H groups in total. The maximum absolute atomic E-state index is 10.2. The van der Waals surface area contributed by atoms with Crippen LogP contribution < -0.4 is 5.32 Å². The molecule has 2 unspecified atom stereocenters. The normalized spacial score (nSPS) is 31.4. The fraction of sp³-hybridized carbons (Fsp3) is 0.429. The molecular weight excluding hydrogens is 282 g/mol. The molecule has 1 saturated heterocycles. The Morgan fingerprint density at radius 3 is 2.43 bits per heavy atom. The highest BCUT2D eigenvalue weighted by Gasteiger charge is 2.57. The van der Waals surface area contributed by atoms with E-state index in [0.29, 0.717) is 5.75 Å². The van der Waals surface area contributed by atoms with E-state index in [1.165, 1.54) is 16.7 Å². The van der Waals surface area contributed by atoms with Crippen LogP contribution in [0.3, 0.4) is 0 Å². The van der Waals surface area contributed by atoms with E-state index in [0.717, 1.165) is 19.4 Å². The highest BCUT2D eigenvalue weighted by atomic mass is 16.3. The lowest BCUT2D eigenvalue weighted by atomic mass is 9.49. The Balaban J connectivity index is 2.05. The van der Waals surface area contributed by atoms with Gasteiger partial charge in [-0.1, -0.05) is 50.2 Å². The van der Waals surface area contributed by atoms with Crippen molar-refractivity contribution in [2.75, 3.05) is 6.54 Å². The molecule has 2 aromatic rings. The molecule has 4 rings (SSSR count). The first-order valence-electron chi connectivity index (χ1n) is 8.54. The van der Waals surface area contributed by atoms with Crippen LogP contribution in [0.5, 0.6) is 5.75 Å². The van der Waals surface area contributed by atoms with Crippen molar-refractivity contribution in [3.63, 3.8) is 0 Å². The SMILES string of the molecule is CC12CC(c3ccccc3)(CCN1)c1cc(O)ccc1C2(C)C. The number of hydrogen-bond donors (Lipinski definition) is 2. The van der Waals surface area contributed by atoms with Crippen molar-refractivity contribution in [2.24, 2.45) is 0 Å². The van der Waals surface area contributed by atoms with Crippen molar-refractivity contribution in [1.29, 1.82) is 0 Å². The first-order chi connectivity index (χ1) is 10.9. The van der Waals surface area contributed by atoms with E-state index < -0.39 is 0 Å². The summed E-state index contributed by atoms with van der Waals surface area (Å²) in [5.74, 6) is 0.372. The Morgan fingerprint density at radius 2 is 1.70 bits per heavy atom. The number of aromatic hydroxyl groups is 1. The van der Waals surface area contributed by atoms with E-state index in [-0.39, 0.29) is 16.4 Å². The number of piperidine rings is 1. The third-order valence-corrected chi connectivity index (χ3v) is 6.62. The lowest BCUT2D eigenvalue weighted by Gasteiger charge is -2.60. The molecule has 0 saturated carbocycles. The van der Waals surface area contributed by atoms with Crippen molar-refractivity contribution in [3.8, 4) is 5.75 Å². The quantitative estimate of drug-likeness (QED) is 0.831. The molecule has 2 heteroatoms. The van der Waals surface area contributed by atoms with Crippen LogP contribution >= 0.6 is 0 Å². The summed E-state index contributed by atoms with van der Waals surface area (Å²) in [6, 6.07) is 16.8. The van der Waals surface area contributed by atoms with Crippen LogP contribution in [0.25, 0.3) is 0 Å². The third kappa shape index (κ3) is 1.85.